The molecule has 1 amide bonds. The first-order valence-electron chi connectivity index (χ1n) is 3.44. The number of carbonyl (C=O) groups is 1. The molecule has 1 aromatic rings. The standard InChI is InChI=1S/C8H6Cl2FNO/c9-4-8(13)12-7-3-5(10)1-2-6(7)11/h1-3H,4H2,(H,12,13). The number of benzene rings is 1. The molecular formula is C8H6Cl2FNO. The maximum Gasteiger partial charge on any atom is 0.239 e. The highest BCUT2D eigenvalue weighted by molar-refractivity contribution is 6.31. The maximum absolute atomic E-state index is 12.9. The van der Waals surface area contributed by atoms with E-state index in [0.29, 0.717) is 5.02 Å². The predicted molar refractivity (Wildman–Crippen MR) is 50.8 cm³/mol. The average Bonchev–Trinajstić information content (AvgIpc) is 2.11. The quantitative estimate of drug-likeness (QED) is 0.765. The van der Waals surface area contributed by atoms with E-state index in [4.69, 9.17) is 23.2 Å². The molecule has 0 aliphatic carbocycles. The zero-order chi connectivity index (χ0) is 9.84. The van der Waals surface area contributed by atoms with Crippen molar-refractivity contribution in [2.75, 3.05) is 11.2 Å². The zero-order valence-electron chi connectivity index (χ0n) is 6.48. The van der Waals surface area contributed by atoms with Gasteiger partial charge in [-0.05, 0) is 18.2 Å². The summed E-state index contributed by atoms with van der Waals surface area (Å²) in [5.41, 5.74) is 0.0400. The van der Waals surface area contributed by atoms with E-state index < -0.39 is 11.7 Å². The molecule has 0 bridgehead atoms. The van der Waals surface area contributed by atoms with Crippen LogP contribution >= 0.6 is 23.2 Å². The predicted octanol–water partition coefficient (Wildman–Crippen LogP) is 2.66. The lowest BCUT2D eigenvalue weighted by molar-refractivity contribution is -0.113. The fourth-order valence-corrected chi connectivity index (χ4v) is 1.02. The fraction of sp³-hybridized carbons (Fsp3) is 0.125. The third kappa shape index (κ3) is 2.86. The Hall–Kier alpha value is -0.800. The second kappa shape index (κ2) is 4.44. The molecule has 2 nitrogen and oxygen atoms in total. The molecule has 0 atom stereocenters. The van der Waals surface area contributed by atoms with Crippen molar-refractivity contribution in [3.63, 3.8) is 0 Å². The number of anilines is 1. The molecule has 0 saturated heterocycles. The van der Waals surface area contributed by atoms with Crippen LogP contribution in [0, 0.1) is 5.82 Å². The van der Waals surface area contributed by atoms with Crippen LogP contribution in [-0.2, 0) is 4.79 Å². The van der Waals surface area contributed by atoms with Gasteiger partial charge in [0, 0.05) is 5.02 Å². The van der Waals surface area contributed by atoms with Crippen molar-refractivity contribution >= 4 is 34.8 Å². The van der Waals surface area contributed by atoms with Crippen molar-refractivity contribution < 1.29 is 9.18 Å². The summed E-state index contributed by atoms with van der Waals surface area (Å²) >= 11 is 10.8. The summed E-state index contributed by atoms with van der Waals surface area (Å²) in [6, 6.07) is 3.89. The summed E-state index contributed by atoms with van der Waals surface area (Å²) in [6.07, 6.45) is 0. The van der Waals surface area contributed by atoms with Gasteiger partial charge in [0.25, 0.3) is 0 Å². The van der Waals surface area contributed by atoms with E-state index in [1.807, 2.05) is 0 Å². The molecule has 0 aliphatic heterocycles. The third-order valence-electron chi connectivity index (χ3n) is 1.32. The number of hydrogen-bond acceptors (Lipinski definition) is 1. The average molecular weight is 222 g/mol. The number of carbonyl (C=O) groups excluding carboxylic acids is 1. The maximum atomic E-state index is 12.9. The molecule has 5 heteroatoms. The van der Waals surface area contributed by atoms with Crippen molar-refractivity contribution in [2.24, 2.45) is 0 Å². The van der Waals surface area contributed by atoms with E-state index in [-0.39, 0.29) is 11.6 Å². The second-order valence-corrected chi connectivity index (χ2v) is 3.01. The van der Waals surface area contributed by atoms with Crippen molar-refractivity contribution in [1.82, 2.24) is 0 Å². The molecule has 0 heterocycles. The van der Waals surface area contributed by atoms with Gasteiger partial charge in [-0.3, -0.25) is 4.79 Å². The normalized spacial score (nSPS) is 9.77. The van der Waals surface area contributed by atoms with E-state index in [9.17, 15) is 9.18 Å². The first-order chi connectivity index (χ1) is 6.13. The van der Waals surface area contributed by atoms with Crippen molar-refractivity contribution in [3.05, 3.63) is 29.0 Å². The third-order valence-corrected chi connectivity index (χ3v) is 1.80. The van der Waals surface area contributed by atoms with Crippen LogP contribution in [0.1, 0.15) is 0 Å². The highest BCUT2D eigenvalue weighted by atomic mass is 35.5. The minimum absolute atomic E-state index is 0.0400. The molecular weight excluding hydrogens is 216 g/mol. The van der Waals surface area contributed by atoms with Gasteiger partial charge in [0.15, 0.2) is 0 Å². The SMILES string of the molecule is O=C(CCl)Nc1cc(Cl)ccc1F. The molecule has 1 rings (SSSR count). The van der Waals surface area contributed by atoms with Gasteiger partial charge in [-0.2, -0.15) is 0 Å². The largest absolute Gasteiger partial charge is 0.323 e. The molecule has 0 fully saturated rings. The molecule has 1 aromatic carbocycles. The van der Waals surface area contributed by atoms with E-state index in [1.54, 1.807) is 0 Å². The molecule has 0 aromatic heterocycles. The second-order valence-electron chi connectivity index (χ2n) is 2.31. The highest BCUT2D eigenvalue weighted by Gasteiger charge is 2.05. The van der Waals surface area contributed by atoms with Crippen LogP contribution in [-0.4, -0.2) is 11.8 Å². The topological polar surface area (TPSA) is 29.1 Å². The van der Waals surface area contributed by atoms with Gasteiger partial charge in [-0.15, -0.1) is 11.6 Å². The van der Waals surface area contributed by atoms with Gasteiger partial charge in [0.1, 0.15) is 11.7 Å². The Balaban J connectivity index is 2.87. The minimum atomic E-state index is -0.539. The number of halogens is 3. The van der Waals surface area contributed by atoms with Crippen LogP contribution in [0.5, 0.6) is 0 Å². The van der Waals surface area contributed by atoms with Crippen LogP contribution < -0.4 is 5.32 Å². The van der Waals surface area contributed by atoms with Gasteiger partial charge >= 0.3 is 0 Å². The summed E-state index contributed by atoms with van der Waals surface area (Å²) < 4.78 is 12.9. The highest BCUT2D eigenvalue weighted by Crippen LogP contribution is 2.19. The van der Waals surface area contributed by atoms with Gasteiger partial charge in [-0.1, -0.05) is 11.6 Å². The summed E-state index contributed by atoms with van der Waals surface area (Å²) in [6.45, 7) is 0. The first-order valence-corrected chi connectivity index (χ1v) is 4.35. The Morgan fingerprint density at radius 2 is 2.23 bits per heavy atom. The lowest BCUT2D eigenvalue weighted by Crippen LogP contribution is -2.13. The smallest absolute Gasteiger partial charge is 0.239 e. The first kappa shape index (κ1) is 10.3. The van der Waals surface area contributed by atoms with Gasteiger partial charge in [-0.25, -0.2) is 4.39 Å². The van der Waals surface area contributed by atoms with E-state index in [2.05, 4.69) is 5.32 Å². The van der Waals surface area contributed by atoms with Crippen LogP contribution in [0.25, 0.3) is 0 Å². The summed E-state index contributed by atoms with van der Waals surface area (Å²) in [7, 11) is 0. The molecule has 1 N–H and O–H groups in total. The van der Waals surface area contributed by atoms with Crippen LogP contribution in [0.15, 0.2) is 18.2 Å². The van der Waals surface area contributed by atoms with E-state index in [1.165, 1.54) is 18.2 Å². The lowest BCUT2D eigenvalue weighted by Gasteiger charge is -2.04. The summed E-state index contributed by atoms with van der Waals surface area (Å²) in [5, 5.41) is 2.62. The molecule has 0 spiro atoms. The van der Waals surface area contributed by atoms with Crippen LogP contribution in [0.4, 0.5) is 10.1 Å². The monoisotopic (exact) mass is 221 g/mol. The number of nitrogens with one attached hydrogen (secondary N) is 1. The number of hydrogen-bond donors (Lipinski definition) is 1. The Morgan fingerprint density at radius 1 is 1.54 bits per heavy atom. The molecule has 0 radical (unpaired) electrons. The van der Waals surface area contributed by atoms with E-state index >= 15 is 0 Å². The summed E-state index contributed by atoms with van der Waals surface area (Å²) in [5.74, 6) is -1.22. The molecule has 0 aliphatic rings. The molecule has 0 saturated carbocycles. The van der Waals surface area contributed by atoms with Crippen molar-refractivity contribution in [1.29, 1.82) is 0 Å². The molecule has 70 valence electrons. The van der Waals surface area contributed by atoms with Gasteiger partial charge in [0.05, 0.1) is 5.69 Å². The Labute approximate surface area is 84.6 Å². The molecule has 13 heavy (non-hydrogen) atoms. The van der Waals surface area contributed by atoms with Gasteiger partial charge < -0.3 is 5.32 Å². The Bertz CT molecular complexity index is 330. The Morgan fingerprint density at radius 3 is 2.85 bits per heavy atom. The van der Waals surface area contributed by atoms with E-state index in [0.717, 1.165) is 0 Å². The Kier molecular flexibility index (Phi) is 3.51. The zero-order valence-corrected chi connectivity index (χ0v) is 7.99. The number of amides is 1. The lowest BCUT2D eigenvalue weighted by atomic mass is 10.3. The van der Waals surface area contributed by atoms with Crippen molar-refractivity contribution in [2.45, 2.75) is 0 Å². The number of alkyl halides is 1. The summed E-state index contributed by atoms with van der Waals surface area (Å²) in [4.78, 5) is 10.8. The van der Waals surface area contributed by atoms with Crippen LogP contribution in [0.3, 0.4) is 0 Å². The minimum Gasteiger partial charge on any atom is -0.323 e. The van der Waals surface area contributed by atoms with Gasteiger partial charge in [0.2, 0.25) is 5.91 Å². The fourth-order valence-electron chi connectivity index (χ4n) is 0.777. The molecule has 0 unspecified atom stereocenters. The number of rotatable bonds is 2. The van der Waals surface area contributed by atoms with Crippen molar-refractivity contribution in [3.8, 4) is 0 Å². The van der Waals surface area contributed by atoms with Crippen LogP contribution in [0.2, 0.25) is 5.02 Å².